The van der Waals surface area contributed by atoms with E-state index in [-0.39, 0.29) is 24.2 Å². The predicted octanol–water partition coefficient (Wildman–Crippen LogP) is 2.09. The van der Waals surface area contributed by atoms with Gasteiger partial charge < -0.3 is 24.1 Å². The molecule has 0 saturated carbocycles. The molecule has 0 aliphatic carbocycles. The van der Waals surface area contributed by atoms with Crippen LogP contribution >= 0.6 is 0 Å². The Morgan fingerprint density at radius 1 is 1.44 bits per heavy atom. The van der Waals surface area contributed by atoms with Crippen LogP contribution in [0.3, 0.4) is 0 Å². The van der Waals surface area contributed by atoms with Gasteiger partial charge >= 0.3 is 0 Å². The van der Waals surface area contributed by atoms with Gasteiger partial charge in [-0.15, -0.1) is 0 Å². The van der Waals surface area contributed by atoms with Gasteiger partial charge in [0.15, 0.2) is 12.3 Å². The highest BCUT2D eigenvalue weighted by molar-refractivity contribution is 5.92. The van der Waals surface area contributed by atoms with Crippen LogP contribution in [-0.4, -0.2) is 49.1 Å². The monoisotopic (exact) mass is 345 g/mol. The lowest BCUT2D eigenvalue weighted by molar-refractivity contribution is 0.0907. The van der Waals surface area contributed by atoms with Crippen molar-refractivity contribution >= 4 is 5.91 Å². The summed E-state index contributed by atoms with van der Waals surface area (Å²) >= 11 is 0. The Morgan fingerprint density at radius 2 is 2.28 bits per heavy atom. The van der Waals surface area contributed by atoms with Crippen molar-refractivity contribution in [1.82, 2.24) is 15.2 Å². The molecule has 25 heavy (non-hydrogen) atoms. The number of rotatable bonds is 6. The fourth-order valence-electron chi connectivity index (χ4n) is 2.86. The molecule has 1 saturated heterocycles. The molecular weight excluding hydrogens is 322 g/mol. The number of nitrogens with one attached hydrogen (secondary N) is 1. The number of piperidine rings is 1. The lowest BCUT2D eigenvalue weighted by Crippen LogP contribution is -2.46. The number of aromatic nitrogens is 1. The minimum absolute atomic E-state index is 0.145. The summed E-state index contributed by atoms with van der Waals surface area (Å²) in [6.45, 7) is 2.07. The summed E-state index contributed by atoms with van der Waals surface area (Å²) in [4.78, 5) is 18.7. The molecule has 0 bridgehead atoms. The van der Waals surface area contributed by atoms with E-state index in [4.69, 9.17) is 13.9 Å². The van der Waals surface area contributed by atoms with Gasteiger partial charge in [-0.25, -0.2) is 4.98 Å². The zero-order valence-corrected chi connectivity index (χ0v) is 14.5. The molecule has 7 heteroatoms. The number of benzene rings is 1. The zero-order chi connectivity index (χ0) is 17.6. The van der Waals surface area contributed by atoms with Crippen LogP contribution in [0.1, 0.15) is 29.2 Å². The molecular formula is C18H23N3O4. The second-order valence-electron chi connectivity index (χ2n) is 6.17. The topological polar surface area (TPSA) is 76.8 Å². The Bertz CT molecular complexity index is 716. The van der Waals surface area contributed by atoms with Gasteiger partial charge in [0.2, 0.25) is 5.89 Å². The largest absolute Gasteiger partial charge is 0.497 e. The second kappa shape index (κ2) is 8.02. The molecule has 2 aromatic rings. The molecule has 1 fully saturated rings. The van der Waals surface area contributed by atoms with Crippen molar-refractivity contribution in [3.8, 4) is 11.5 Å². The van der Waals surface area contributed by atoms with Crippen molar-refractivity contribution in [2.75, 3.05) is 27.2 Å². The van der Waals surface area contributed by atoms with Crippen molar-refractivity contribution in [3.05, 3.63) is 42.1 Å². The summed E-state index contributed by atoms with van der Waals surface area (Å²) < 4.78 is 16.1. The third-order valence-corrected chi connectivity index (χ3v) is 4.15. The quantitative estimate of drug-likeness (QED) is 0.864. The maximum absolute atomic E-state index is 12.3. The molecule has 7 nitrogen and oxygen atoms in total. The first-order valence-corrected chi connectivity index (χ1v) is 8.34. The molecule has 1 aromatic carbocycles. The lowest BCUT2D eigenvalue weighted by Gasteiger charge is -2.29. The minimum atomic E-state index is -0.211. The number of carbonyl (C=O) groups is 1. The number of carbonyl (C=O) groups excluding carboxylic acids is 1. The Balaban J connectivity index is 1.53. The average molecular weight is 345 g/mol. The van der Waals surface area contributed by atoms with Crippen LogP contribution in [0.5, 0.6) is 11.5 Å². The van der Waals surface area contributed by atoms with Crippen LogP contribution < -0.4 is 14.8 Å². The Labute approximate surface area is 146 Å². The number of oxazole rings is 1. The van der Waals surface area contributed by atoms with E-state index in [9.17, 15) is 4.79 Å². The fourth-order valence-corrected chi connectivity index (χ4v) is 2.86. The molecule has 2 heterocycles. The first-order chi connectivity index (χ1) is 12.1. The molecule has 134 valence electrons. The molecule has 1 aliphatic heterocycles. The molecule has 1 aliphatic rings. The van der Waals surface area contributed by atoms with E-state index in [1.54, 1.807) is 13.2 Å². The van der Waals surface area contributed by atoms with Gasteiger partial charge in [0, 0.05) is 18.7 Å². The molecule has 0 spiro atoms. The SMILES string of the molecule is COc1cccc(OCc2nc(C(=O)N[C@H]3CCCN(C)C3)co2)c1. The number of methoxy groups -OCH3 is 1. The molecule has 3 rings (SSSR count). The first kappa shape index (κ1) is 17.3. The number of nitrogens with zero attached hydrogens (tertiary/aromatic N) is 2. The van der Waals surface area contributed by atoms with Gasteiger partial charge in [0.1, 0.15) is 17.8 Å². The van der Waals surface area contributed by atoms with Crippen molar-refractivity contribution < 1.29 is 18.7 Å². The summed E-state index contributed by atoms with van der Waals surface area (Å²) in [5.74, 6) is 1.50. The standard InChI is InChI=1S/C18H23N3O4/c1-21-8-4-5-13(10-21)19-18(22)16-11-25-17(20-16)12-24-15-7-3-6-14(9-15)23-2/h3,6-7,9,11,13H,4-5,8,10,12H2,1-2H3,(H,19,22)/t13-/m0/s1. The van der Waals surface area contributed by atoms with Gasteiger partial charge in [-0.1, -0.05) is 6.07 Å². The van der Waals surface area contributed by atoms with Gasteiger partial charge in [-0.3, -0.25) is 4.79 Å². The Hall–Kier alpha value is -2.54. The predicted molar refractivity (Wildman–Crippen MR) is 91.8 cm³/mol. The third kappa shape index (κ3) is 4.73. The maximum atomic E-state index is 12.3. The number of amides is 1. The van der Waals surface area contributed by atoms with Crippen LogP contribution in [0.4, 0.5) is 0 Å². The van der Waals surface area contributed by atoms with Crippen molar-refractivity contribution in [3.63, 3.8) is 0 Å². The minimum Gasteiger partial charge on any atom is -0.497 e. The van der Waals surface area contributed by atoms with E-state index >= 15 is 0 Å². The molecule has 1 amide bonds. The fraction of sp³-hybridized carbons (Fsp3) is 0.444. The summed E-state index contributed by atoms with van der Waals surface area (Å²) in [7, 11) is 3.66. The maximum Gasteiger partial charge on any atom is 0.273 e. The number of ether oxygens (including phenoxy) is 2. The first-order valence-electron chi connectivity index (χ1n) is 8.34. The van der Waals surface area contributed by atoms with Gasteiger partial charge in [-0.2, -0.15) is 0 Å². The van der Waals surface area contributed by atoms with Crippen molar-refractivity contribution in [2.24, 2.45) is 0 Å². The number of hydrogen-bond donors (Lipinski definition) is 1. The number of likely N-dealkylation sites (N-methyl/N-ethyl adjacent to an activating group) is 1. The van der Waals surface area contributed by atoms with Crippen LogP contribution in [0, 0.1) is 0 Å². The van der Waals surface area contributed by atoms with Gasteiger partial charge in [0.25, 0.3) is 5.91 Å². The van der Waals surface area contributed by atoms with E-state index in [1.807, 2.05) is 18.2 Å². The van der Waals surface area contributed by atoms with Crippen molar-refractivity contribution in [1.29, 1.82) is 0 Å². The van der Waals surface area contributed by atoms with Crippen LogP contribution in [-0.2, 0) is 6.61 Å². The summed E-state index contributed by atoms with van der Waals surface area (Å²) in [5.41, 5.74) is 0.275. The second-order valence-corrected chi connectivity index (χ2v) is 6.17. The summed E-state index contributed by atoms with van der Waals surface area (Å²) in [6, 6.07) is 7.42. The number of hydrogen-bond acceptors (Lipinski definition) is 6. The highest BCUT2D eigenvalue weighted by Gasteiger charge is 2.21. The molecule has 1 atom stereocenters. The number of likely N-dealkylation sites (tertiary alicyclic amines) is 1. The molecule has 1 N–H and O–H groups in total. The zero-order valence-electron chi connectivity index (χ0n) is 14.5. The van der Waals surface area contributed by atoms with E-state index in [1.165, 1.54) is 6.26 Å². The molecule has 0 radical (unpaired) electrons. The third-order valence-electron chi connectivity index (χ3n) is 4.15. The highest BCUT2D eigenvalue weighted by Crippen LogP contribution is 2.20. The molecule has 0 unspecified atom stereocenters. The van der Waals surface area contributed by atoms with Crippen LogP contribution in [0.25, 0.3) is 0 Å². The average Bonchev–Trinajstić information content (AvgIpc) is 3.09. The smallest absolute Gasteiger partial charge is 0.273 e. The van der Waals surface area contributed by atoms with Gasteiger partial charge in [-0.05, 0) is 38.6 Å². The Morgan fingerprint density at radius 3 is 3.08 bits per heavy atom. The van der Waals surface area contributed by atoms with E-state index < -0.39 is 0 Å². The van der Waals surface area contributed by atoms with Gasteiger partial charge in [0.05, 0.1) is 7.11 Å². The highest BCUT2D eigenvalue weighted by atomic mass is 16.5. The summed E-state index contributed by atoms with van der Waals surface area (Å²) in [6.07, 6.45) is 3.44. The molecule has 1 aromatic heterocycles. The lowest BCUT2D eigenvalue weighted by atomic mass is 10.1. The van der Waals surface area contributed by atoms with E-state index in [0.717, 1.165) is 25.9 Å². The Kier molecular flexibility index (Phi) is 5.55. The van der Waals surface area contributed by atoms with E-state index in [2.05, 4.69) is 22.2 Å². The van der Waals surface area contributed by atoms with E-state index in [0.29, 0.717) is 17.4 Å². The normalized spacial score (nSPS) is 17.9. The van der Waals surface area contributed by atoms with Crippen LogP contribution in [0.2, 0.25) is 0 Å². The van der Waals surface area contributed by atoms with Crippen molar-refractivity contribution in [2.45, 2.75) is 25.5 Å². The van der Waals surface area contributed by atoms with Crippen LogP contribution in [0.15, 0.2) is 34.9 Å². The summed E-state index contributed by atoms with van der Waals surface area (Å²) in [5, 5.41) is 3.01.